The lowest BCUT2D eigenvalue weighted by Gasteiger charge is -2.37. The fourth-order valence-electron chi connectivity index (χ4n) is 4.14. The van der Waals surface area contributed by atoms with Crippen molar-refractivity contribution in [2.24, 2.45) is 5.92 Å². The van der Waals surface area contributed by atoms with Crippen LogP contribution < -0.4 is 5.32 Å². The molecule has 1 atom stereocenters. The van der Waals surface area contributed by atoms with Crippen molar-refractivity contribution in [1.82, 2.24) is 10.2 Å². The Balaban J connectivity index is 1.57. The first kappa shape index (κ1) is 18.0. The summed E-state index contributed by atoms with van der Waals surface area (Å²) in [6, 6.07) is 8.48. The van der Waals surface area contributed by atoms with Crippen molar-refractivity contribution in [3.8, 4) is 0 Å². The molecule has 2 amide bonds. The number of carbonyl (C=O) groups is 2. The molecule has 1 unspecified atom stereocenters. The van der Waals surface area contributed by atoms with E-state index < -0.39 is 0 Å². The molecule has 1 aliphatic carbocycles. The van der Waals surface area contributed by atoms with Gasteiger partial charge in [0.1, 0.15) is 0 Å². The molecule has 0 radical (unpaired) electrons. The number of hydrogen-bond acceptors (Lipinski definition) is 2. The predicted octanol–water partition coefficient (Wildman–Crippen LogP) is 3.57. The summed E-state index contributed by atoms with van der Waals surface area (Å²) in [6.07, 6.45) is 8.36. The first-order chi connectivity index (χ1) is 12.1. The Kier molecular flexibility index (Phi) is 6.11. The molecule has 0 bridgehead atoms. The molecule has 0 spiro atoms. The molecule has 4 heteroatoms. The highest BCUT2D eigenvalue weighted by molar-refractivity contribution is 5.84. The lowest BCUT2D eigenvalue weighted by molar-refractivity contribution is -0.141. The molecule has 0 aromatic heterocycles. The second-order valence-electron chi connectivity index (χ2n) is 7.57. The van der Waals surface area contributed by atoms with Crippen molar-refractivity contribution >= 4 is 11.8 Å². The number of nitrogens with one attached hydrogen (secondary N) is 1. The maximum Gasteiger partial charge on any atom is 0.225 e. The zero-order valence-electron chi connectivity index (χ0n) is 15.3. The first-order valence-electron chi connectivity index (χ1n) is 9.77. The van der Waals surface area contributed by atoms with Crippen LogP contribution in [0.4, 0.5) is 0 Å². The summed E-state index contributed by atoms with van der Waals surface area (Å²) in [5.74, 6) is 0.272. The molecule has 2 aliphatic rings. The molecule has 25 heavy (non-hydrogen) atoms. The van der Waals surface area contributed by atoms with E-state index in [1.165, 1.54) is 31.2 Å². The predicted molar refractivity (Wildman–Crippen MR) is 99.0 cm³/mol. The highest BCUT2D eigenvalue weighted by Gasteiger charge is 2.34. The number of nitrogens with zero attached hydrogens (tertiary/aromatic N) is 1. The molecule has 1 saturated heterocycles. The van der Waals surface area contributed by atoms with Crippen molar-refractivity contribution in [2.45, 2.75) is 70.9 Å². The number of benzene rings is 1. The van der Waals surface area contributed by atoms with Crippen LogP contribution in [0.1, 0.15) is 62.5 Å². The van der Waals surface area contributed by atoms with Crippen LogP contribution in [0.25, 0.3) is 0 Å². The minimum absolute atomic E-state index is 0.0648. The maximum atomic E-state index is 12.6. The van der Waals surface area contributed by atoms with E-state index in [0.29, 0.717) is 32.0 Å². The van der Waals surface area contributed by atoms with Gasteiger partial charge in [0.2, 0.25) is 11.8 Å². The van der Waals surface area contributed by atoms with Crippen molar-refractivity contribution in [2.75, 3.05) is 6.54 Å². The summed E-state index contributed by atoms with van der Waals surface area (Å²) < 4.78 is 0. The number of amides is 2. The smallest absolute Gasteiger partial charge is 0.225 e. The van der Waals surface area contributed by atoms with Crippen molar-refractivity contribution < 1.29 is 9.59 Å². The van der Waals surface area contributed by atoms with Crippen LogP contribution in [0.2, 0.25) is 0 Å². The number of likely N-dealkylation sites (tertiary alicyclic amines) is 1. The highest BCUT2D eigenvalue weighted by atomic mass is 16.2. The van der Waals surface area contributed by atoms with Crippen LogP contribution in [0.5, 0.6) is 0 Å². The number of piperidine rings is 1. The second-order valence-corrected chi connectivity index (χ2v) is 7.57. The Labute approximate surface area is 151 Å². The van der Waals surface area contributed by atoms with E-state index in [1.54, 1.807) is 0 Å². The van der Waals surface area contributed by atoms with Gasteiger partial charge in [-0.2, -0.15) is 0 Å². The van der Waals surface area contributed by atoms with Crippen LogP contribution in [-0.4, -0.2) is 29.3 Å². The van der Waals surface area contributed by atoms with Crippen molar-refractivity contribution in [3.05, 3.63) is 35.4 Å². The number of aryl methyl sites for hydroxylation is 1. The Morgan fingerprint density at radius 3 is 2.56 bits per heavy atom. The standard InChI is InChI=1S/C21H30N2O2/c1-16-8-6-7-9-17(16)14-22-21(25)18-12-13-20(24)23(15-18)19-10-4-2-3-5-11-19/h6-9,18-19H,2-5,10-15H2,1H3,(H,22,25). The van der Waals surface area contributed by atoms with Gasteiger partial charge in [0.05, 0.1) is 5.92 Å². The highest BCUT2D eigenvalue weighted by Crippen LogP contribution is 2.27. The molecular weight excluding hydrogens is 312 g/mol. The fraction of sp³-hybridized carbons (Fsp3) is 0.619. The maximum absolute atomic E-state index is 12.6. The third kappa shape index (κ3) is 4.62. The Hall–Kier alpha value is -1.84. The quantitative estimate of drug-likeness (QED) is 0.851. The lowest BCUT2D eigenvalue weighted by atomic mass is 9.93. The molecule has 3 rings (SSSR count). The third-order valence-corrected chi connectivity index (χ3v) is 5.79. The SMILES string of the molecule is Cc1ccccc1CNC(=O)C1CCC(=O)N(C2CCCCCC2)C1. The van der Waals surface area contributed by atoms with Gasteiger partial charge < -0.3 is 10.2 Å². The van der Waals surface area contributed by atoms with E-state index in [2.05, 4.69) is 24.4 Å². The van der Waals surface area contributed by atoms with Gasteiger partial charge >= 0.3 is 0 Å². The molecule has 1 N–H and O–H groups in total. The minimum Gasteiger partial charge on any atom is -0.352 e. The summed E-state index contributed by atoms with van der Waals surface area (Å²) in [7, 11) is 0. The van der Waals surface area contributed by atoms with Crippen LogP contribution in [-0.2, 0) is 16.1 Å². The molecule has 1 heterocycles. The molecule has 2 fully saturated rings. The van der Waals surface area contributed by atoms with Gasteiger partial charge in [-0.05, 0) is 37.3 Å². The monoisotopic (exact) mass is 342 g/mol. The van der Waals surface area contributed by atoms with Gasteiger partial charge in [-0.1, -0.05) is 49.9 Å². The normalized spacial score (nSPS) is 22.5. The number of rotatable bonds is 4. The van der Waals surface area contributed by atoms with Gasteiger partial charge in [0, 0.05) is 25.6 Å². The van der Waals surface area contributed by atoms with E-state index in [-0.39, 0.29) is 17.7 Å². The van der Waals surface area contributed by atoms with E-state index in [0.717, 1.165) is 18.4 Å². The van der Waals surface area contributed by atoms with Crippen LogP contribution in [0.15, 0.2) is 24.3 Å². The molecule has 4 nitrogen and oxygen atoms in total. The van der Waals surface area contributed by atoms with Crippen molar-refractivity contribution in [1.29, 1.82) is 0 Å². The average Bonchev–Trinajstić information content (AvgIpc) is 2.90. The van der Waals surface area contributed by atoms with Crippen LogP contribution in [0.3, 0.4) is 0 Å². The molecule has 1 aromatic carbocycles. The van der Waals surface area contributed by atoms with E-state index >= 15 is 0 Å². The summed E-state index contributed by atoms with van der Waals surface area (Å²) in [5, 5.41) is 3.08. The Bertz CT molecular complexity index is 606. The zero-order valence-corrected chi connectivity index (χ0v) is 15.3. The van der Waals surface area contributed by atoms with E-state index in [4.69, 9.17) is 0 Å². The second kappa shape index (κ2) is 8.50. The number of carbonyl (C=O) groups excluding carboxylic acids is 2. The molecule has 136 valence electrons. The third-order valence-electron chi connectivity index (χ3n) is 5.79. The van der Waals surface area contributed by atoms with Crippen LogP contribution >= 0.6 is 0 Å². The minimum atomic E-state index is -0.0648. The van der Waals surface area contributed by atoms with Gasteiger partial charge in [-0.15, -0.1) is 0 Å². The van der Waals surface area contributed by atoms with E-state index in [1.807, 2.05) is 17.0 Å². The van der Waals surface area contributed by atoms with Crippen LogP contribution in [0, 0.1) is 12.8 Å². The summed E-state index contributed by atoms with van der Waals surface area (Å²) in [5.41, 5.74) is 2.35. The zero-order chi connectivity index (χ0) is 17.6. The van der Waals surface area contributed by atoms with Gasteiger partial charge in [0.25, 0.3) is 0 Å². The van der Waals surface area contributed by atoms with E-state index in [9.17, 15) is 9.59 Å². The lowest BCUT2D eigenvalue weighted by Crippen LogP contribution is -2.49. The summed E-state index contributed by atoms with van der Waals surface area (Å²) in [6.45, 7) is 3.23. The van der Waals surface area contributed by atoms with Gasteiger partial charge in [-0.3, -0.25) is 9.59 Å². The summed E-state index contributed by atoms with van der Waals surface area (Å²) >= 11 is 0. The Morgan fingerprint density at radius 1 is 1.12 bits per heavy atom. The van der Waals surface area contributed by atoms with Gasteiger partial charge in [0.15, 0.2) is 0 Å². The molecule has 1 aromatic rings. The number of hydrogen-bond donors (Lipinski definition) is 1. The topological polar surface area (TPSA) is 49.4 Å². The summed E-state index contributed by atoms with van der Waals surface area (Å²) in [4.78, 5) is 27.0. The average molecular weight is 342 g/mol. The largest absolute Gasteiger partial charge is 0.352 e. The molecule has 1 saturated carbocycles. The van der Waals surface area contributed by atoms with Crippen molar-refractivity contribution in [3.63, 3.8) is 0 Å². The Morgan fingerprint density at radius 2 is 1.84 bits per heavy atom. The van der Waals surface area contributed by atoms with Gasteiger partial charge in [-0.25, -0.2) is 0 Å². The molecular formula is C21H30N2O2. The fourth-order valence-corrected chi connectivity index (χ4v) is 4.14. The molecule has 1 aliphatic heterocycles. The first-order valence-corrected chi connectivity index (χ1v) is 9.77.